The van der Waals surface area contributed by atoms with Gasteiger partial charge in [0.05, 0.1) is 12.0 Å². The zero-order valence-electron chi connectivity index (χ0n) is 12.6. The average molecular weight is 307 g/mol. The molecule has 0 aliphatic heterocycles. The van der Waals surface area contributed by atoms with Crippen LogP contribution in [0.5, 0.6) is 6.01 Å². The Labute approximate surface area is 127 Å². The highest BCUT2D eigenvalue weighted by atomic mass is 16.7. The Balaban J connectivity index is 1.94. The summed E-state index contributed by atoms with van der Waals surface area (Å²) in [6, 6.07) is 1.81. The number of carbonyl (C=O) groups excluding carboxylic acids is 1. The lowest BCUT2D eigenvalue weighted by Gasteiger charge is -2.21. The van der Waals surface area contributed by atoms with E-state index in [-0.39, 0.29) is 19.4 Å². The molecule has 0 fully saturated rings. The predicted molar refractivity (Wildman–Crippen MR) is 74.2 cm³/mol. The number of ether oxygens (including phenoxy) is 3. The smallest absolute Gasteiger partial charge is 0.325 e. The molecule has 22 heavy (non-hydrogen) atoms. The first-order chi connectivity index (χ1) is 10.5. The molecule has 0 atom stereocenters. The predicted octanol–water partition coefficient (Wildman–Crippen LogP) is 0.609. The van der Waals surface area contributed by atoms with Crippen molar-refractivity contribution in [2.24, 2.45) is 5.41 Å². The maximum atomic E-state index is 11.9. The summed E-state index contributed by atoms with van der Waals surface area (Å²) < 4.78 is 16.6. The van der Waals surface area contributed by atoms with Crippen molar-refractivity contribution in [1.29, 1.82) is 0 Å². The van der Waals surface area contributed by atoms with E-state index in [1.807, 2.05) is 0 Å². The molecule has 0 unspecified atom stereocenters. The summed E-state index contributed by atoms with van der Waals surface area (Å²) >= 11 is 0. The van der Waals surface area contributed by atoms with Crippen molar-refractivity contribution in [3.05, 3.63) is 24.8 Å². The van der Waals surface area contributed by atoms with Gasteiger partial charge in [0.1, 0.15) is 6.33 Å². The summed E-state index contributed by atoms with van der Waals surface area (Å²) in [6.07, 6.45) is 4.44. The molecule has 2 aromatic rings. The first-order valence-electron chi connectivity index (χ1n) is 6.51. The minimum atomic E-state index is -0.756. The van der Waals surface area contributed by atoms with Crippen LogP contribution in [0.2, 0.25) is 0 Å². The van der Waals surface area contributed by atoms with E-state index in [0.717, 1.165) is 0 Å². The summed E-state index contributed by atoms with van der Waals surface area (Å²) in [5.74, 6) is -0.127. The second kappa shape index (κ2) is 6.94. The second-order valence-corrected chi connectivity index (χ2v) is 5.01. The van der Waals surface area contributed by atoms with E-state index in [1.54, 1.807) is 32.3 Å². The van der Waals surface area contributed by atoms with Gasteiger partial charge in [0.25, 0.3) is 5.95 Å². The van der Waals surface area contributed by atoms with Crippen LogP contribution in [0.4, 0.5) is 0 Å². The van der Waals surface area contributed by atoms with Crippen LogP contribution in [-0.4, -0.2) is 51.2 Å². The van der Waals surface area contributed by atoms with Crippen LogP contribution in [0.1, 0.15) is 13.8 Å². The SMILES string of the molecule is COCC(C)(C)C(=O)OCOc1ncnn1-c1ncccn1. The van der Waals surface area contributed by atoms with Gasteiger partial charge in [-0.2, -0.15) is 4.98 Å². The molecule has 9 heteroatoms. The molecule has 0 aliphatic carbocycles. The summed E-state index contributed by atoms with van der Waals surface area (Å²) in [6.45, 7) is 3.40. The standard InChI is InChI=1S/C13H17N5O4/c1-13(2,7-20-3)10(19)21-9-22-12-16-8-17-18(12)11-14-5-4-6-15-11/h4-6,8H,7,9H2,1-3H3. The molecule has 9 nitrogen and oxygen atoms in total. The van der Waals surface area contributed by atoms with Gasteiger partial charge in [0.2, 0.25) is 6.79 Å². The van der Waals surface area contributed by atoms with Crippen molar-refractivity contribution < 1.29 is 19.0 Å². The normalized spacial score (nSPS) is 11.2. The lowest BCUT2D eigenvalue weighted by molar-refractivity contribution is -0.163. The van der Waals surface area contributed by atoms with E-state index in [9.17, 15) is 4.79 Å². The fourth-order valence-corrected chi connectivity index (χ4v) is 1.62. The van der Waals surface area contributed by atoms with Gasteiger partial charge in [0, 0.05) is 19.5 Å². The molecule has 0 saturated carbocycles. The quantitative estimate of drug-likeness (QED) is 0.541. The molecule has 2 heterocycles. The molecule has 0 saturated heterocycles. The number of hydrogen-bond donors (Lipinski definition) is 0. The van der Waals surface area contributed by atoms with Gasteiger partial charge < -0.3 is 14.2 Å². The number of methoxy groups -OCH3 is 1. The first kappa shape index (κ1) is 15.8. The second-order valence-electron chi connectivity index (χ2n) is 5.01. The van der Waals surface area contributed by atoms with Crippen molar-refractivity contribution in [2.45, 2.75) is 13.8 Å². The summed E-state index contributed by atoms with van der Waals surface area (Å²) in [4.78, 5) is 23.9. The lowest BCUT2D eigenvalue weighted by Crippen LogP contribution is -2.32. The van der Waals surface area contributed by atoms with Gasteiger partial charge in [-0.25, -0.2) is 9.97 Å². The zero-order valence-corrected chi connectivity index (χ0v) is 12.6. The fraction of sp³-hybridized carbons (Fsp3) is 0.462. The molecule has 0 bridgehead atoms. The maximum absolute atomic E-state index is 11.9. The van der Waals surface area contributed by atoms with Crippen LogP contribution < -0.4 is 4.74 Å². The minimum Gasteiger partial charge on any atom is -0.427 e. The Kier molecular flexibility index (Phi) is 4.99. The maximum Gasteiger partial charge on any atom is 0.325 e. The Bertz CT molecular complexity index is 614. The van der Waals surface area contributed by atoms with Crippen LogP contribution >= 0.6 is 0 Å². The van der Waals surface area contributed by atoms with E-state index < -0.39 is 11.4 Å². The lowest BCUT2D eigenvalue weighted by atomic mass is 9.95. The van der Waals surface area contributed by atoms with E-state index in [4.69, 9.17) is 14.2 Å². The number of hydrogen-bond acceptors (Lipinski definition) is 8. The van der Waals surface area contributed by atoms with E-state index >= 15 is 0 Å². The third kappa shape index (κ3) is 3.76. The Morgan fingerprint density at radius 1 is 1.27 bits per heavy atom. The molecule has 118 valence electrons. The summed E-state index contributed by atoms with van der Waals surface area (Å²) in [5, 5.41) is 3.96. The van der Waals surface area contributed by atoms with E-state index in [1.165, 1.54) is 18.1 Å². The van der Waals surface area contributed by atoms with Gasteiger partial charge in [-0.1, -0.05) is 0 Å². The van der Waals surface area contributed by atoms with Crippen LogP contribution in [0.3, 0.4) is 0 Å². The highest BCUT2D eigenvalue weighted by Crippen LogP contribution is 2.17. The number of carbonyl (C=O) groups is 1. The molecule has 0 N–H and O–H groups in total. The van der Waals surface area contributed by atoms with Crippen molar-refractivity contribution in [1.82, 2.24) is 24.7 Å². The Morgan fingerprint density at radius 2 is 2.00 bits per heavy atom. The molecule has 2 aromatic heterocycles. The molecule has 0 amide bonds. The van der Waals surface area contributed by atoms with Gasteiger partial charge in [-0.05, 0) is 19.9 Å². The van der Waals surface area contributed by atoms with Gasteiger partial charge in [0.15, 0.2) is 0 Å². The fourth-order valence-electron chi connectivity index (χ4n) is 1.62. The molecule has 0 aromatic carbocycles. The zero-order chi connectivity index (χ0) is 16.0. The minimum absolute atomic E-state index is 0.128. The molecular weight excluding hydrogens is 290 g/mol. The van der Waals surface area contributed by atoms with Crippen molar-refractivity contribution in [2.75, 3.05) is 20.5 Å². The van der Waals surface area contributed by atoms with Crippen LogP contribution in [0.15, 0.2) is 24.8 Å². The van der Waals surface area contributed by atoms with E-state index in [2.05, 4.69) is 20.1 Å². The highest BCUT2D eigenvalue weighted by molar-refractivity contribution is 5.75. The van der Waals surface area contributed by atoms with Crippen molar-refractivity contribution in [3.8, 4) is 12.0 Å². The number of rotatable bonds is 7. The van der Waals surface area contributed by atoms with Crippen LogP contribution in [-0.2, 0) is 14.3 Å². The summed E-state index contributed by atoms with van der Waals surface area (Å²) in [7, 11) is 1.52. The first-order valence-corrected chi connectivity index (χ1v) is 6.51. The van der Waals surface area contributed by atoms with E-state index in [0.29, 0.717) is 5.95 Å². The Hall–Kier alpha value is -2.55. The third-order valence-electron chi connectivity index (χ3n) is 2.69. The monoisotopic (exact) mass is 307 g/mol. The Morgan fingerprint density at radius 3 is 2.68 bits per heavy atom. The highest BCUT2D eigenvalue weighted by Gasteiger charge is 2.29. The number of esters is 1. The topological polar surface area (TPSA) is 101 Å². The number of aromatic nitrogens is 5. The molecule has 0 spiro atoms. The van der Waals surface area contributed by atoms with Gasteiger partial charge in [-0.3, -0.25) is 4.79 Å². The van der Waals surface area contributed by atoms with Gasteiger partial charge in [-0.15, -0.1) is 9.78 Å². The molecule has 0 radical (unpaired) electrons. The molecular formula is C13H17N5O4. The molecule has 2 rings (SSSR count). The van der Waals surface area contributed by atoms with Gasteiger partial charge >= 0.3 is 12.0 Å². The van der Waals surface area contributed by atoms with Crippen LogP contribution in [0.25, 0.3) is 5.95 Å². The summed E-state index contributed by atoms with van der Waals surface area (Å²) in [5.41, 5.74) is -0.756. The van der Waals surface area contributed by atoms with Crippen molar-refractivity contribution >= 4 is 5.97 Å². The third-order valence-corrected chi connectivity index (χ3v) is 2.69. The van der Waals surface area contributed by atoms with Crippen molar-refractivity contribution in [3.63, 3.8) is 0 Å². The molecule has 0 aliphatic rings. The largest absolute Gasteiger partial charge is 0.427 e. The van der Waals surface area contributed by atoms with Crippen LogP contribution in [0, 0.1) is 5.41 Å². The average Bonchev–Trinajstić information content (AvgIpc) is 2.96. The number of nitrogens with zero attached hydrogens (tertiary/aromatic N) is 5.